The smallest absolute Gasteiger partial charge is 0.153 e. The van der Waals surface area contributed by atoms with Crippen molar-refractivity contribution in [3.8, 4) is 28.0 Å². The van der Waals surface area contributed by atoms with Gasteiger partial charge in [-0.1, -0.05) is 42.5 Å². The molecule has 3 aromatic carbocycles. The number of furan rings is 1. The van der Waals surface area contributed by atoms with E-state index >= 15 is 0 Å². The summed E-state index contributed by atoms with van der Waals surface area (Å²) < 4.78 is 26.7. The Morgan fingerprint density at radius 1 is 0.875 bits per heavy atom. The Kier molecular flexibility index (Phi) is 5.40. The highest BCUT2D eigenvalue weighted by molar-refractivity contribution is 5.93. The van der Waals surface area contributed by atoms with Gasteiger partial charge in [0.2, 0.25) is 0 Å². The van der Waals surface area contributed by atoms with Crippen molar-refractivity contribution in [3.05, 3.63) is 108 Å². The molecule has 5 aromatic rings. The molecule has 2 heterocycles. The van der Waals surface area contributed by atoms with E-state index in [1.165, 1.54) is 0 Å². The molecule has 0 fully saturated rings. The topological polar surface area (TPSA) is 61.3 Å². The number of nitrogens with zero attached hydrogens (tertiary/aromatic N) is 1. The van der Waals surface area contributed by atoms with Gasteiger partial charge in [-0.25, -0.2) is 4.39 Å². The molecule has 158 valence electrons. The Hall–Kier alpha value is -3.96. The van der Waals surface area contributed by atoms with E-state index < -0.39 is 5.82 Å². The van der Waals surface area contributed by atoms with E-state index in [1.807, 2.05) is 54.6 Å². The highest BCUT2D eigenvalue weighted by Gasteiger charge is 2.16. The van der Waals surface area contributed by atoms with Crippen molar-refractivity contribution in [1.29, 1.82) is 0 Å². The molecule has 2 N–H and O–H groups in total. The van der Waals surface area contributed by atoms with Gasteiger partial charge in [0.25, 0.3) is 0 Å². The second-order valence-corrected chi connectivity index (χ2v) is 7.49. The van der Waals surface area contributed by atoms with Crippen LogP contribution in [-0.2, 0) is 13.2 Å². The zero-order chi connectivity index (χ0) is 21.9. The Morgan fingerprint density at radius 3 is 2.56 bits per heavy atom. The molecule has 32 heavy (non-hydrogen) atoms. The third-order valence-corrected chi connectivity index (χ3v) is 5.40. The molecular formula is C27H21FN2O2. The molecule has 0 saturated heterocycles. The summed E-state index contributed by atoms with van der Waals surface area (Å²) in [6, 6.07) is 25.5. The lowest BCUT2D eigenvalue weighted by molar-refractivity contribution is 0.306. The van der Waals surface area contributed by atoms with Crippen LogP contribution in [0.2, 0.25) is 0 Å². The minimum atomic E-state index is -0.429. The van der Waals surface area contributed by atoms with Crippen molar-refractivity contribution in [2.75, 3.05) is 0 Å². The van der Waals surface area contributed by atoms with Gasteiger partial charge >= 0.3 is 0 Å². The fourth-order valence-electron chi connectivity index (χ4n) is 3.83. The molecule has 0 aliphatic rings. The van der Waals surface area contributed by atoms with Gasteiger partial charge in [-0.3, -0.25) is 4.98 Å². The van der Waals surface area contributed by atoms with Crippen LogP contribution in [0.4, 0.5) is 4.39 Å². The number of benzene rings is 3. The molecule has 4 nitrogen and oxygen atoms in total. The van der Waals surface area contributed by atoms with E-state index in [1.54, 1.807) is 18.5 Å². The highest BCUT2D eigenvalue weighted by atomic mass is 19.1. The Labute approximate surface area is 185 Å². The van der Waals surface area contributed by atoms with Crippen LogP contribution in [0.1, 0.15) is 11.3 Å². The van der Waals surface area contributed by atoms with E-state index in [4.69, 9.17) is 14.9 Å². The SMILES string of the molecule is NCc1nccc(-c2cc(COc3cccc(-c4ccccc4)c3)cc3ccoc23)c1F. The summed E-state index contributed by atoms with van der Waals surface area (Å²) in [5, 5.41) is 0.879. The fourth-order valence-corrected chi connectivity index (χ4v) is 3.83. The molecule has 0 radical (unpaired) electrons. The van der Waals surface area contributed by atoms with Gasteiger partial charge in [0.15, 0.2) is 5.82 Å². The number of rotatable bonds is 6. The fraction of sp³-hybridized carbons (Fsp3) is 0.0741. The number of halogens is 1. The van der Waals surface area contributed by atoms with Crippen LogP contribution in [0, 0.1) is 5.82 Å². The third-order valence-electron chi connectivity index (χ3n) is 5.40. The first-order chi connectivity index (χ1) is 15.7. The van der Waals surface area contributed by atoms with Gasteiger partial charge in [-0.05, 0) is 53.1 Å². The normalized spacial score (nSPS) is 11.1. The maximum Gasteiger partial charge on any atom is 0.153 e. The second-order valence-electron chi connectivity index (χ2n) is 7.49. The maximum absolute atomic E-state index is 15.0. The van der Waals surface area contributed by atoms with E-state index in [0.29, 0.717) is 23.3 Å². The largest absolute Gasteiger partial charge is 0.489 e. The molecule has 0 aliphatic carbocycles. The quantitative estimate of drug-likeness (QED) is 0.346. The standard InChI is InChI=1S/C27H21FN2O2/c28-26-23(9-11-30-25(26)16-29)24-14-18(13-21-10-12-31-27(21)24)17-32-22-8-4-7-20(15-22)19-5-2-1-3-6-19/h1-15H,16-17,29H2. The van der Waals surface area contributed by atoms with E-state index in [0.717, 1.165) is 27.8 Å². The maximum atomic E-state index is 15.0. The van der Waals surface area contributed by atoms with Crippen molar-refractivity contribution in [3.63, 3.8) is 0 Å². The van der Waals surface area contributed by atoms with Crippen LogP contribution in [0.5, 0.6) is 5.75 Å². The van der Waals surface area contributed by atoms with Crippen LogP contribution in [-0.4, -0.2) is 4.98 Å². The van der Waals surface area contributed by atoms with Crippen molar-refractivity contribution in [2.45, 2.75) is 13.2 Å². The molecular weight excluding hydrogens is 403 g/mol. The van der Waals surface area contributed by atoms with Gasteiger partial charge in [-0.15, -0.1) is 0 Å². The zero-order valence-corrected chi connectivity index (χ0v) is 17.3. The number of nitrogens with two attached hydrogens (primary N) is 1. The van der Waals surface area contributed by atoms with Crippen molar-refractivity contribution in [2.24, 2.45) is 5.73 Å². The summed E-state index contributed by atoms with van der Waals surface area (Å²) >= 11 is 0. The monoisotopic (exact) mass is 424 g/mol. The van der Waals surface area contributed by atoms with Gasteiger partial charge in [0, 0.05) is 29.3 Å². The molecule has 0 bridgehead atoms. The minimum absolute atomic E-state index is 0.0293. The summed E-state index contributed by atoms with van der Waals surface area (Å²) in [5.74, 6) is 0.335. The number of hydrogen-bond donors (Lipinski definition) is 1. The molecule has 0 aliphatic heterocycles. The van der Waals surface area contributed by atoms with E-state index in [2.05, 4.69) is 23.2 Å². The van der Waals surface area contributed by atoms with E-state index in [9.17, 15) is 4.39 Å². The molecule has 0 spiro atoms. The predicted octanol–water partition coefficient (Wildman–Crippen LogP) is 6.34. The first-order valence-electron chi connectivity index (χ1n) is 10.3. The number of ether oxygens (including phenoxy) is 1. The average Bonchev–Trinajstić information content (AvgIpc) is 3.32. The van der Waals surface area contributed by atoms with Crippen LogP contribution < -0.4 is 10.5 Å². The van der Waals surface area contributed by atoms with Crippen molar-refractivity contribution >= 4 is 11.0 Å². The van der Waals surface area contributed by atoms with Crippen LogP contribution in [0.15, 0.2) is 95.7 Å². The van der Waals surface area contributed by atoms with Gasteiger partial charge in [-0.2, -0.15) is 0 Å². The zero-order valence-electron chi connectivity index (χ0n) is 17.3. The Bertz CT molecular complexity index is 1380. The number of pyridine rings is 1. The molecule has 2 aromatic heterocycles. The summed E-state index contributed by atoms with van der Waals surface area (Å²) in [5.41, 5.74) is 10.7. The van der Waals surface area contributed by atoms with Gasteiger partial charge < -0.3 is 14.9 Å². The van der Waals surface area contributed by atoms with Crippen molar-refractivity contribution in [1.82, 2.24) is 4.98 Å². The number of aromatic nitrogens is 1. The number of fused-ring (bicyclic) bond motifs is 1. The summed E-state index contributed by atoms with van der Waals surface area (Å²) in [6.45, 7) is 0.365. The Morgan fingerprint density at radius 2 is 1.72 bits per heavy atom. The molecule has 5 heteroatoms. The first-order valence-corrected chi connectivity index (χ1v) is 10.3. The third kappa shape index (κ3) is 3.86. The molecule has 0 amide bonds. The van der Waals surface area contributed by atoms with Gasteiger partial charge in [0.1, 0.15) is 17.9 Å². The highest BCUT2D eigenvalue weighted by Crippen LogP contribution is 2.33. The lowest BCUT2D eigenvalue weighted by Gasteiger charge is -2.12. The van der Waals surface area contributed by atoms with E-state index in [-0.39, 0.29) is 12.2 Å². The van der Waals surface area contributed by atoms with Gasteiger partial charge in [0.05, 0.1) is 12.0 Å². The predicted molar refractivity (Wildman–Crippen MR) is 124 cm³/mol. The molecule has 0 saturated carbocycles. The lowest BCUT2D eigenvalue weighted by atomic mass is 10.00. The van der Waals surface area contributed by atoms with Crippen LogP contribution in [0.3, 0.4) is 0 Å². The summed E-state index contributed by atoms with van der Waals surface area (Å²) in [4.78, 5) is 4.03. The van der Waals surface area contributed by atoms with Crippen LogP contribution >= 0.6 is 0 Å². The lowest BCUT2D eigenvalue weighted by Crippen LogP contribution is -2.04. The Balaban J connectivity index is 1.47. The van der Waals surface area contributed by atoms with Crippen molar-refractivity contribution < 1.29 is 13.5 Å². The summed E-state index contributed by atoms with van der Waals surface area (Å²) in [7, 11) is 0. The summed E-state index contributed by atoms with van der Waals surface area (Å²) in [6.07, 6.45) is 3.17. The molecule has 0 unspecified atom stereocenters. The first kappa shape index (κ1) is 20.0. The average molecular weight is 424 g/mol. The second kappa shape index (κ2) is 8.65. The molecule has 5 rings (SSSR count). The minimum Gasteiger partial charge on any atom is -0.489 e. The van der Waals surface area contributed by atoms with Crippen LogP contribution in [0.25, 0.3) is 33.2 Å². The number of hydrogen-bond acceptors (Lipinski definition) is 4. The molecule has 0 atom stereocenters.